The number of aromatic nitrogens is 1. The molecule has 0 aromatic carbocycles. The zero-order valence-corrected chi connectivity index (χ0v) is 13.3. The standard InChI is InChI=1S/C15H20N2OS2/c1-11-10-20-15(16-11)9-17-6-2-4-12(17)8-13(18)14-5-3-7-19-14/h3,5,7,10,12-13,18H,2,4,6,8-9H2,1H3. The third kappa shape index (κ3) is 3.28. The molecule has 1 aliphatic rings. The third-order valence-electron chi connectivity index (χ3n) is 3.87. The SMILES string of the molecule is Cc1csc(CN2CCCC2CC(O)c2cccs2)n1. The summed E-state index contributed by atoms with van der Waals surface area (Å²) in [5.74, 6) is 0. The maximum atomic E-state index is 10.3. The molecule has 1 saturated heterocycles. The summed E-state index contributed by atoms with van der Waals surface area (Å²) in [6, 6.07) is 4.52. The molecule has 0 aliphatic carbocycles. The molecule has 2 unspecified atom stereocenters. The van der Waals surface area contributed by atoms with Crippen LogP contribution >= 0.6 is 22.7 Å². The zero-order valence-electron chi connectivity index (χ0n) is 11.7. The summed E-state index contributed by atoms with van der Waals surface area (Å²) in [6.45, 7) is 4.10. The van der Waals surface area contributed by atoms with Gasteiger partial charge in [-0.3, -0.25) is 4.90 Å². The van der Waals surface area contributed by atoms with E-state index in [0.717, 1.165) is 30.1 Å². The van der Waals surface area contributed by atoms with Gasteiger partial charge in [-0.1, -0.05) is 6.07 Å². The molecule has 0 bridgehead atoms. The van der Waals surface area contributed by atoms with Gasteiger partial charge in [0, 0.05) is 22.0 Å². The summed E-state index contributed by atoms with van der Waals surface area (Å²) in [5, 5.41) is 15.7. The first kappa shape index (κ1) is 14.2. The fourth-order valence-corrected chi connectivity index (χ4v) is 4.40. The van der Waals surface area contributed by atoms with E-state index in [-0.39, 0.29) is 6.10 Å². The van der Waals surface area contributed by atoms with Gasteiger partial charge in [0.05, 0.1) is 12.6 Å². The van der Waals surface area contributed by atoms with Crippen LogP contribution in [-0.4, -0.2) is 27.6 Å². The second kappa shape index (κ2) is 6.35. The van der Waals surface area contributed by atoms with Crippen LogP contribution < -0.4 is 0 Å². The van der Waals surface area contributed by atoms with Crippen molar-refractivity contribution in [3.05, 3.63) is 38.5 Å². The van der Waals surface area contributed by atoms with Crippen LogP contribution in [0.15, 0.2) is 22.9 Å². The van der Waals surface area contributed by atoms with E-state index in [1.54, 1.807) is 22.7 Å². The van der Waals surface area contributed by atoms with Crippen molar-refractivity contribution < 1.29 is 5.11 Å². The quantitative estimate of drug-likeness (QED) is 0.917. The van der Waals surface area contributed by atoms with E-state index in [0.29, 0.717) is 6.04 Å². The Morgan fingerprint density at radius 3 is 3.10 bits per heavy atom. The van der Waals surface area contributed by atoms with Crippen molar-refractivity contribution in [2.75, 3.05) is 6.54 Å². The van der Waals surface area contributed by atoms with Gasteiger partial charge in [-0.2, -0.15) is 0 Å². The number of rotatable bonds is 5. The van der Waals surface area contributed by atoms with E-state index in [1.807, 2.05) is 24.4 Å². The minimum atomic E-state index is -0.321. The lowest BCUT2D eigenvalue weighted by Crippen LogP contribution is -2.30. The maximum Gasteiger partial charge on any atom is 0.107 e. The molecule has 5 heteroatoms. The molecule has 3 rings (SSSR count). The van der Waals surface area contributed by atoms with Gasteiger partial charge in [0.2, 0.25) is 0 Å². The highest BCUT2D eigenvalue weighted by molar-refractivity contribution is 7.10. The predicted molar refractivity (Wildman–Crippen MR) is 84.2 cm³/mol. The number of aryl methyl sites for hydroxylation is 1. The molecule has 1 N–H and O–H groups in total. The first-order chi connectivity index (χ1) is 9.72. The Bertz CT molecular complexity index is 538. The number of aliphatic hydroxyl groups excluding tert-OH is 1. The minimum absolute atomic E-state index is 0.321. The number of hydrogen-bond acceptors (Lipinski definition) is 5. The Labute approximate surface area is 127 Å². The summed E-state index contributed by atoms with van der Waals surface area (Å²) in [4.78, 5) is 8.12. The summed E-state index contributed by atoms with van der Waals surface area (Å²) in [6.07, 6.45) is 2.93. The Hall–Kier alpha value is -0.750. The van der Waals surface area contributed by atoms with Crippen molar-refractivity contribution in [3.63, 3.8) is 0 Å². The highest BCUT2D eigenvalue weighted by Gasteiger charge is 2.28. The molecule has 2 atom stereocenters. The molecule has 0 radical (unpaired) electrons. The molecule has 1 aliphatic heterocycles. The van der Waals surface area contributed by atoms with Gasteiger partial charge in [0.15, 0.2) is 0 Å². The van der Waals surface area contributed by atoms with Crippen LogP contribution in [-0.2, 0) is 6.54 Å². The summed E-state index contributed by atoms with van der Waals surface area (Å²) in [5.41, 5.74) is 1.11. The van der Waals surface area contributed by atoms with E-state index < -0.39 is 0 Å². The number of likely N-dealkylation sites (tertiary alicyclic amines) is 1. The molecule has 2 aromatic rings. The molecule has 3 heterocycles. The topological polar surface area (TPSA) is 36.4 Å². The molecule has 0 spiro atoms. The first-order valence-electron chi connectivity index (χ1n) is 7.09. The van der Waals surface area contributed by atoms with Crippen LogP contribution in [0.1, 0.15) is 40.9 Å². The second-order valence-electron chi connectivity index (χ2n) is 5.42. The van der Waals surface area contributed by atoms with Gasteiger partial charge in [-0.05, 0) is 44.2 Å². The van der Waals surface area contributed by atoms with E-state index >= 15 is 0 Å². The average Bonchev–Trinajstić information content (AvgIpc) is 3.13. The smallest absolute Gasteiger partial charge is 0.107 e. The Morgan fingerprint density at radius 1 is 1.50 bits per heavy atom. The molecule has 20 heavy (non-hydrogen) atoms. The summed E-state index contributed by atoms with van der Waals surface area (Å²) < 4.78 is 0. The average molecular weight is 308 g/mol. The van der Waals surface area contributed by atoms with Gasteiger partial charge in [-0.15, -0.1) is 22.7 Å². The van der Waals surface area contributed by atoms with Crippen LogP contribution in [0.2, 0.25) is 0 Å². The van der Waals surface area contributed by atoms with E-state index in [9.17, 15) is 5.11 Å². The molecular weight excluding hydrogens is 288 g/mol. The lowest BCUT2D eigenvalue weighted by Gasteiger charge is -2.25. The summed E-state index contributed by atoms with van der Waals surface area (Å²) >= 11 is 3.39. The maximum absolute atomic E-state index is 10.3. The highest BCUT2D eigenvalue weighted by atomic mass is 32.1. The fraction of sp³-hybridized carbons (Fsp3) is 0.533. The van der Waals surface area contributed by atoms with Gasteiger partial charge < -0.3 is 5.11 Å². The van der Waals surface area contributed by atoms with Crippen molar-refractivity contribution in [2.24, 2.45) is 0 Å². The van der Waals surface area contributed by atoms with E-state index in [4.69, 9.17) is 0 Å². The Kier molecular flexibility index (Phi) is 4.51. The molecule has 108 valence electrons. The number of thiophene rings is 1. The zero-order chi connectivity index (χ0) is 13.9. The highest BCUT2D eigenvalue weighted by Crippen LogP contribution is 2.30. The monoisotopic (exact) mass is 308 g/mol. The normalized spacial score (nSPS) is 21.4. The summed E-state index contributed by atoms with van der Waals surface area (Å²) in [7, 11) is 0. The van der Waals surface area contributed by atoms with Crippen LogP contribution in [0.5, 0.6) is 0 Å². The molecule has 0 amide bonds. The lowest BCUT2D eigenvalue weighted by molar-refractivity contribution is 0.120. The van der Waals surface area contributed by atoms with Crippen molar-refractivity contribution >= 4 is 22.7 Å². The van der Waals surface area contributed by atoms with Crippen LogP contribution in [0.4, 0.5) is 0 Å². The minimum Gasteiger partial charge on any atom is -0.388 e. The van der Waals surface area contributed by atoms with Crippen LogP contribution in [0.3, 0.4) is 0 Å². The number of aliphatic hydroxyl groups is 1. The molecular formula is C15H20N2OS2. The van der Waals surface area contributed by atoms with Crippen LogP contribution in [0.25, 0.3) is 0 Å². The van der Waals surface area contributed by atoms with Crippen LogP contribution in [0, 0.1) is 6.92 Å². The van der Waals surface area contributed by atoms with Gasteiger partial charge in [0.25, 0.3) is 0 Å². The van der Waals surface area contributed by atoms with Gasteiger partial charge in [-0.25, -0.2) is 4.98 Å². The third-order valence-corrected chi connectivity index (χ3v) is 5.80. The van der Waals surface area contributed by atoms with Gasteiger partial charge >= 0.3 is 0 Å². The van der Waals surface area contributed by atoms with Gasteiger partial charge in [0.1, 0.15) is 5.01 Å². The lowest BCUT2D eigenvalue weighted by atomic mass is 10.1. The Balaban J connectivity index is 1.60. The second-order valence-corrected chi connectivity index (χ2v) is 7.34. The van der Waals surface area contributed by atoms with Crippen molar-refractivity contribution in [3.8, 4) is 0 Å². The van der Waals surface area contributed by atoms with E-state index in [1.165, 1.54) is 17.8 Å². The number of nitrogens with zero attached hydrogens (tertiary/aromatic N) is 2. The predicted octanol–water partition coefficient (Wildman–Crippen LogP) is 3.60. The molecule has 2 aromatic heterocycles. The fourth-order valence-electron chi connectivity index (χ4n) is 2.87. The molecule has 1 fully saturated rings. The van der Waals surface area contributed by atoms with E-state index in [2.05, 4.69) is 15.3 Å². The van der Waals surface area contributed by atoms with Crippen molar-refractivity contribution in [1.82, 2.24) is 9.88 Å². The first-order valence-corrected chi connectivity index (χ1v) is 8.85. The number of thiazole rings is 1. The molecule has 3 nitrogen and oxygen atoms in total. The van der Waals surface area contributed by atoms with Crippen molar-refractivity contribution in [2.45, 2.75) is 44.9 Å². The largest absolute Gasteiger partial charge is 0.388 e. The van der Waals surface area contributed by atoms with Crippen molar-refractivity contribution in [1.29, 1.82) is 0 Å². The Morgan fingerprint density at radius 2 is 2.40 bits per heavy atom. The number of hydrogen-bond donors (Lipinski definition) is 1. The molecule has 0 saturated carbocycles.